The molecule has 0 aliphatic carbocycles. The van der Waals surface area contributed by atoms with Gasteiger partial charge in [-0.25, -0.2) is 0 Å². The summed E-state index contributed by atoms with van der Waals surface area (Å²) in [6.07, 6.45) is 0. The van der Waals surface area contributed by atoms with Crippen LogP contribution in [-0.4, -0.2) is 18.5 Å². The quantitative estimate of drug-likeness (QED) is 0.852. The monoisotopic (exact) mass is 226 g/mol. The van der Waals surface area contributed by atoms with Gasteiger partial charge < -0.3 is 10.6 Å². The highest BCUT2D eigenvalue weighted by Gasteiger charge is 2.29. The molecule has 1 amide bonds. The molecule has 0 saturated carbocycles. The van der Waals surface area contributed by atoms with Crippen LogP contribution in [0.15, 0.2) is 36.4 Å². The van der Waals surface area contributed by atoms with E-state index in [9.17, 15) is 4.79 Å². The first kappa shape index (κ1) is 10.3. The second-order valence-electron chi connectivity index (χ2n) is 4.57. The molecule has 2 N–H and O–H groups in total. The van der Waals surface area contributed by atoms with Crippen molar-refractivity contribution in [2.45, 2.75) is 13.0 Å². The molecule has 1 aliphatic rings. The summed E-state index contributed by atoms with van der Waals surface area (Å²) >= 11 is 0. The number of rotatable bonds is 2. The van der Waals surface area contributed by atoms with Crippen molar-refractivity contribution in [1.29, 1.82) is 0 Å². The van der Waals surface area contributed by atoms with E-state index in [4.69, 9.17) is 5.73 Å². The number of hydrogen-bond acceptors (Lipinski definition) is 2. The van der Waals surface area contributed by atoms with Gasteiger partial charge in [0.1, 0.15) is 0 Å². The molecular formula is C14H14N2O. The van der Waals surface area contributed by atoms with Gasteiger partial charge in [0, 0.05) is 23.5 Å². The summed E-state index contributed by atoms with van der Waals surface area (Å²) in [7, 11) is 0. The number of amides is 1. The lowest BCUT2D eigenvalue weighted by molar-refractivity contribution is 0.0992. The fourth-order valence-corrected chi connectivity index (χ4v) is 2.45. The molecule has 17 heavy (non-hydrogen) atoms. The molecule has 1 aliphatic heterocycles. The molecule has 0 fully saturated rings. The smallest absolute Gasteiger partial charge is 0.259 e. The van der Waals surface area contributed by atoms with Crippen molar-refractivity contribution in [3.63, 3.8) is 0 Å². The lowest BCUT2D eigenvalue weighted by Gasteiger charge is -2.19. The highest BCUT2D eigenvalue weighted by atomic mass is 16.2. The van der Waals surface area contributed by atoms with Crippen LogP contribution in [0.4, 0.5) is 5.69 Å². The zero-order valence-electron chi connectivity index (χ0n) is 9.68. The maximum Gasteiger partial charge on any atom is 0.259 e. The SMILES string of the molecule is CC(N)CN1C(=O)c2cccc3cccc1c23. The van der Waals surface area contributed by atoms with E-state index in [2.05, 4.69) is 0 Å². The molecule has 1 atom stereocenters. The Labute approximate surface area is 99.8 Å². The standard InChI is InChI=1S/C14H14N2O/c1-9(15)8-16-12-7-3-5-10-4-2-6-11(13(10)12)14(16)17/h2-7,9H,8,15H2,1H3. The summed E-state index contributed by atoms with van der Waals surface area (Å²) in [4.78, 5) is 14.1. The van der Waals surface area contributed by atoms with Crippen LogP contribution in [0.5, 0.6) is 0 Å². The van der Waals surface area contributed by atoms with Crippen molar-refractivity contribution in [2.24, 2.45) is 5.73 Å². The summed E-state index contributed by atoms with van der Waals surface area (Å²) in [6.45, 7) is 2.48. The molecule has 1 heterocycles. The Hall–Kier alpha value is -1.87. The fraction of sp³-hybridized carbons (Fsp3) is 0.214. The number of carbonyl (C=O) groups excluding carboxylic acids is 1. The summed E-state index contributed by atoms with van der Waals surface area (Å²) in [6, 6.07) is 11.8. The van der Waals surface area contributed by atoms with Crippen molar-refractivity contribution in [3.05, 3.63) is 42.0 Å². The summed E-state index contributed by atoms with van der Waals surface area (Å²) < 4.78 is 0. The number of benzene rings is 2. The van der Waals surface area contributed by atoms with E-state index in [0.29, 0.717) is 6.54 Å². The maximum absolute atomic E-state index is 12.3. The lowest BCUT2D eigenvalue weighted by atomic mass is 10.1. The molecule has 3 rings (SSSR count). The van der Waals surface area contributed by atoms with E-state index in [0.717, 1.165) is 22.0 Å². The van der Waals surface area contributed by atoms with Crippen LogP contribution in [0.1, 0.15) is 17.3 Å². The van der Waals surface area contributed by atoms with E-state index in [1.807, 2.05) is 43.3 Å². The first-order valence-corrected chi connectivity index (χ1v) is 5.77. The second-order valence-corrected chi connectivity index (χ2v) is 4.57. The van der Waals surface area contributed by atoms with Crippen LogP contribution >= 0.6 is 0 Å². The first-order valence-electron chi connectivity index (χ1n) is 5.77. The second kappa shape index (κ2) is 3.57. The zero-order valence-corrected chi connectivity index (χ0v) is 9.68. The van der Waals surface area contributed by atoms with Crippen LogP contribution in [0, 0.1) is 0 Å². The van der Waals surface area contributed by atoms with Gasteiger partial charge in [-0.2, -0.15) is 0 Å². The Bertz CT molecular complexity index is 599. The first-order chi connectivity index (χ1) is 8.18. The minimum absolute atomic E-state index is 0.0245. The number of hydrogen-bond donors (Lipinski definition) is 1. The largest absolute Gasteiger partial charge is 0.326 e. The summed E-state index contributed by atoms with van der Waals surface area (Å²) in [5, 5.41) is 2.17. The van der Waals surface area contributed by atoms with Gasteiger partial charge in [0.25, 0.3) is 5.91 Å². The molecule has 0 radical (unpaired) electrons. The van der Waals surface area contributed by atoms with Gasteiger partial charge in [0.2, 0.25) is 0 Å². The molecule has 0 spiro atoms. The minimum atomic E-state index is -0.0245. The van der Waals surface area contributed by atoms with Gasteiger partial charge in [0.05, 0.1) is 5.69 Å². The van der Waals surface area contributed by atoms with Crippen LogP contribution in [-0.2, 0) is 0 Å². The topological polar surface area (TPSA) is 46.3 Å². The Balaban J connectivity index is 2.23. The van der Waals surface area contributed by atoms with Gasteiger partial charge in [-0.05, 0) is 24.4 Å². The molecule has 2 aromatic rings. The summed E-state index contributed by atoms with van der Waals surface area (Å²) in [5.41, 5.74) is 7.58. The van der Waals surface area contributed by atoms with E-state index in [-0.39, 0.29) is 11.9 Å². The van der Waals surface area contributed by atoms with Crippen LogP contribution in [0.25, 0.3) is 10.8 Å². The van der Waals surface area contributed by atoms with Gasteiger partial charge in [-0.15, -0.1) is 0 Å². The van der Waals surface area contributed by atoms with E-state index in [1.165, 1.54) is 0 Å². The van der Waals surface area contributed by atoms with Crippen molar-refractivity contribution >= 4 is 22.4 Å². The molecular weight excluding hydrogens is 212 g/mol. The van der Waals surface area contributed by atoms with Crippen molar-refractivity contribution in [1.82, 2.24) is 0 Å². The Morgan fingerprint density at radius 2 is 1.94 bits per heavy atom. The summed E-state index contributed by atoms with van der Waals surface area (Å²) in [5.74, 6) is 0.0640. The number of nitrogens with zero attached hydrogens (tertiary/aromatic N) is 1. The van der Waals surface area contributed by atoms with Gasteiger partial charge in [-0.3, -0.25) is 4.79 Å². The van der Waals surface area contributed by atoms with Gasteiger partial charge >= 0.3 is 0 Å². The third-order valence-electron chi connectivity index (χ3n) is 3.12. The van der Waals surface area contributed by atoms with Crippen LogP contribution in [0.2, 0.25) is 0 Å². The number of carbonyl (C=O) groups is 1. The molecule has 0 saturated heterocycles. The predicted octanol–water partition coefficient (Wildman–Crippen LogP) is 2.15. The maximum atomic E-state index is 12.3. The third kappa shape index (κ3) is 1.43. The Morgan fingerprint density at radius 3 is 2.65 bits per heavy atom. The highest BCUT2D eigenvalue weighted by Crippen LogP contribution is 2.36. The average molecular weight is 226 g/mol. The Kier molecular flexibility index (Phi) is 2.16. The lowest BCUT2D eigenvalue weighted by Crippen LogP contribution is -2.37. The molecule has 2 aromatic carbocycles. The Morgan fingerprint density at radius 1 is 1.24 bits per heavy atom. The van der Waals surface area contributed by atoms with E-state index < -0.39 is 0 Å². The molecule has 0 aromatic heterocycles. The minimum Gasteiger partial charge on any atom is -0.326 e. The number of anilines is 1. The normalized spacial score (nSPS) is 15.6. The van der Waals surface area contributed by atoms with Crippen molar-refractivity contribution < 1.29 is 4.79 Å². The average Bonchev–Trinajstić information content (AvgIpc) is 2.57. The molecule has 1 unspecified atom stereocenters. The molecule has 3 nitrogen and oxygen atoms in total. The van der Waals surface area contributed by atoms with Crippen molar-refractivity contribution in [2.75, 3.05) is 11.4 Å². The van der Waals surface area contributed by atoms with Crippen LogP contribution in [0.3, 0.4) is 0 Å². The fourth-order valence-electron chi connectivity index (χ4n) is 2.45. The van der Waals surface area contributed by atoms with Gasteiger partial charge in [0.15, 0.2) is 0 Å². The number of nitrogens with two attached hydrogens (primary N) is 1. The highest BCUT2D eigenvalue weighted by molar-refractivity contribution is 6.25. The van der Waals surface area contributed by atoms with E-state index in [1.54, 1.807) is 4.90 Å². The van der Waals surface area contributed by atoms with Gasteiger partial charge in [-0.1, -0.05) is 24.3 Å². The molecule has 0 bridgehead atoms. The van der Waals surface area contributed by atoms with Crippen molar-refractivity contribution in [3.8, 4) is 0 Å². The molecule has 3 heteroatoms. The molecule has 86 valence electrons. The van der Waals surface area contributed by atoms with E-state index >= 15 is 0 Å². The third-order valence-corrected chi connectivity index (χ3v) is 3.12. The predicted molar refractivity (Wildman–Crippen MR) is 69.3 cm³/mol. The zero-order chi connectivity index (χ0) is 12.0. The van der Waals surface area contributed by atoms with Crippen LogP contribution < -0.4 is 10.6 Å².